The molecule has 6 nitrogen and oxygen atoms in total. The SMILES string of the molecule is COc1ccc2c(OC3=CC=C4C(C(=O)NC5CC5)=C(C)OC4C=C3)ccnc2c1. The summed E-state index contributed by atoms with van der Waals surface area (Å²) in [7, 11) is 1.63. The number of nitrogens with zero attached hydrogens (tertiary/aromatic N) is 1. The first-order valence-corrected chi connectivity index (χ1v) is 10.0. The quantitative estimate of drug-likeness (QED) is 0.820. The Morgan fingerprint density at radius 1 is 1.23 bits per heavy atom. The first kappa shape index (κ1) is 18.5. The van der Waals surface area contributed by atoms with Gasteiger partial charge in [0.2, 0.25) is 0 Å². The zero-order chi connectivity index (χ0) is 20.7. The highest BCUT2D eigenvalue weighted by molar-refractivity contribution is 6.00. The molecular formula is C24H22N2O4. The van der Waals surface area contributed by atoms with Crippen molar-refractivity contribution < 1.29 is 19.0 Å². The molecule has 6 heteroatoms. The van der Waals surface area contributed by atoms with Gasteiger partial charge in [0.1, 0.15) is 29.1 Å². The highest BCUT2D eigenvalue weighted by Crippen LogP contribution is 2.35. The third-order valence-electron chi connectivity index (χ3n) is 5.39. The van der Waals surface area contributed by atoms with E-state index in [1.807, 2.05) is 55.5 Å². The number of rotatable bonds is 5. The summed E-state index contributed by atoms with van der Waals surface area (Å²) < 4.78 is 17.4. The van der Waals surface area contributed by atoms with E-state index in [0.717, 1.165) is 35.1 Å². The maximum atomic E-state index is 12.7. The molecule has 2 heterocycles. The highest BCUT2D eigenvalue weighted by atomic mass is 16.5. The second-order valence-electron chi connectivity index (χ2n) is 7.56. The lowest BCUT2D eigenvalue weighted by Crippen LogP contribution is -2.28. The van der Waals surface area contributed by atoms with Gasteiger partial charge in [-0.2, -0.15) is 0 Å². The molecule has 1 atom stereocenters. The number of carbonyl (C=O) groups is 1. The summed E-state index contributed by atoms with van der Waals surface area (Å²) in [4.78, 5) is 17.1. The molecule has 1 N–H and O–H groups in total. The lowest BCUT2D eigenvalue weighted by molar-refractivity contribution is -0.117. The Kier molecular flexibility index (Phi) is 4.54. The number of aromatic nitrogens is 1. The second kappa shape index (κ2) is 7.37. The number of nitrogens with one attached hydrogen (secondary N) is 1. The molecule has 0 saturated heterocycles. The van der Waals surface area contributed by atoms with E-state index in [2.05, 4.69) is 10.3 Å². The van der Waals surface area contributed by atoms with Crippen LogP contribution in [0.4, 0.5) is 0 Å². The van der Waals surface area contributed by atoms with Crippen LogP contribution in [0.2, 0.25) is 0 Å². The van der Waals surface area contributed by atoms with Crippen LogP contribution in [0.1, 0.15) is 19.8 Å². The lowest BCUT2D eigenvalue weighted by atomic mass is 10.0. The molecule has 152 valence electrons. The van der Waals surface area contributed by atoms with Crippen molar-refractivity contribution in [2.24, 2.45) is 0 Å². The normalized spacial score (nSPS) is 20.1. The van der Waals surface area contributed by atoms with Gasteiger partial charge in [-0.15, -0.1) is 0 Å². The molecule has 3 aliphatic rings. The number of benzene rings is 1. The predicted octanol–water partition coefficient (Wildman–Crippen LogP) is 3.95. The monoisotopic (exact) mass is 402 g/mol. The fourth-order valence-corrected chi connectivity index (χ4v) is 3.68. The summed E-state index contributed by atoms with van der Waals surface area (Å²) in [5, 5.41) is 3.94. The maximum Gasteiger partial charge on any atom is 0.255 e. The molecule has 0 bridgehead atoms. The van der Waals surface area contributed by atoms with Crippen LogP contribution in [0.3, 0.4) is 0 Å². The minimum Gasteiger partial charge on any atom is -0.497 e. The number of carbonyl (C=O) groups excluding carboxylic acids is 1. The summed E-state index contributed by atoms with van der Waals surface area (Å²) in [6, 6.07) is 7.81. The van der Waals surface area contributed by atoms with E-state index in [9.17, 15) is 4.79 Å². The second-order valence-corrected chi connectivity index (χ2v) is 7.56. The summed E-state index contributed by atoms with van der Waals surface area (Å²) in [5.74, 6) is 2.69. The van der Waals surface area contributed by atoms with Crippen molar-refractivity contribution >= 4 is 16.8 Å². The van der Waals surface area contributed by atoms with E-state index in [4.69, 9.17) is 14.2 Å². The Balaban J connectivity index is 1.43. The van der Waals surface area contributed by atoms with E-state index >= 15 is 0 Å². The first-order chi connectivity index (χ1) is 14.6. The molecule has 5 rings (SSSR count). The molecule has 0 spiro atoms. The van der Waals surface area contributed by atoms with E-state index < -0.39 is 0 Å². The zero-order valence-electron chi connectivity index (χ0n) is 16.8. The van der Waals surface area contributed by atoms with Crippen LogP contribution in [0.5, 0.6) is 11.5 Å². The van der Waals surface area contributed by atoms with E-state index in [1.54, 1.807) is 13.3 Å². The molecule has 1 saturated carbocycles. The van der Waals surface area contributed by atoms with Crippen molar-refractivity contribution in [1.82, 2.24) is 10.3 Å². The van der Waals surface area contributed by atoms with Crippen LogP contribution in [-0.4, -0.2) is 30.1 Å². The molecule has 0 radical (unpaired) electrons. The fourth-order valence-electron chi connectivity index (χ4n) is 3.68. The summed E-state index contributed by atoms with van der Waals surface area (Å²) in [5.41, 5.74) is 2.27. The van der Waals surface area contributed by atoms with Crippen molar-refractivity contribution in [2.45, 2.75) is 31.9 Å². The van der Waals surface area contributed by atoms with Gasteiger partial charge in [-0.1, -0.05) is 6.08 Å². The molecule has 1 aromatic heterocycles. The largest absolute Gasteiger partial charge is 0.497 e. The van der Waals surface area contributed by atoms with Crippen LogP contribution in [0.15, 0.2) is 77.4 Å². The van der Waals surface area contributed by atoms with Crippen LogP contribution in [-0.2, 0) is 9.53 Å². The van der Waals surface area contributed by atoms with E-state index in [0.29, 0.717) is 28.9 Å². The highest BCUT2D eigenvalue weighted by Gasteiger charge is 2.34. The molecule has 1 aromatic carbocycles. The molecule has 1 aliphatic heterocycles. The fraction of sp³-hybridized carbons (Fsp3) is 0.250. The van der Waals surface area contributed by atoms with Gasteiger partial charge in [0.15, 0.2) is 0 Å². The first-order valence-electron chi connectivity index (χ1n) is 10.0. The number of fused-ring (bicyclic) bond motifs is 2. The average molecular weight is 402 g/mol. The number of hydrogen-bond donors (Lipinski definition) is 1. The Bertz CT molecular complexity index is 1160. The molecular weight excluding hydrogens is 380 g/mol. The third-order valence-corrected chi connectivity index (χ3v) is 5.39. The molecule has 2 aromatic rings. The van der Waals surface area contributed by atoms with Crippen molar-refractivity contribution in [3.8, 4) is 11.5 Å². The number of amides is 1. The van der Waals surface area contributed by atoms with Gasteiger partial charge in [-0.3, -0.25) is 9.78 Å². The standard InChI is InChI=1S/C24H22N2O4/c1-14-23(24(27)26-15-3-4-15)19-9-5-16(7-10-21(19)29-14)30-22-11-12-25-20-13-17(28-2)6-8-18(20)22/h5-13,15,21H,3-4H2,1-2H3,(H,26,27). The Hall–Kier alpha value is -3.54. The summed E-state index contributed by atoms with van der Waals surface area (Å²) in [6.45, 7) is 1.84. The number of allylic oxidation sites excluding steroid dienone is 4. The smallest absolute Gasteiger partial charge is 0.255 e. The molecule has 1 fully saturated rings. The Morgan fingerprint density at radius 2 is 2.10 bits per heavy atom. The van der Waals surface area contributed by atoms with Crippen LogP contribution < -0.4 is 14.8 Å². The minimum absolute atomic E-state index is 0.0657. The Morgan fingerprint density at radius 3 is 2.90 bits per heavy atom. The van der Waals surface area contributed by atoms with Gasteiger partial charge in [0, 0.05) is 29.3 Å². The Labute approximate surface area is 174 Å². The number of pyridine rings is 1. The lowest BCUT2D eigenvalue weighted by Gasteiger charge is -2.10. The van der Waals surface area contributed by atoms with Crippen molar-refractivity contribution in [1.29, 1.82) is 0 Å². The zero-order valence-corrected chi connectivity index (χ0v) is 16.8. The van der Waals surface area contributed by atoms with Gasteiger partial charge in [0.05, 0.1) is 18.2 Å². The average Bonchev–Trinajstić information content (AvgIpc) is 3.53. The van der Waals surface area contributed by atoms with Crippen LogP contribution >= 0.6 is 0 Å². The predicted molar refractivity (Wildman–Crippen MR) is 113 cm³/mol. The summed E-state index contributed by atoms with van der Waals surface area (Å²) >= 11 is 0. The molecule has 1 amide bonds. The summed E-state index contributed by atoms with van der Waals surface area (Å²) in [6.07, 6.45) is 11.1. The van der Waals surface area contributed by atoms with Crippen molar-refractivity contribution in [2.75, 3.05) is 7.11 Å². The van der Waals surface area contributed by atoms with Gasteiger partial charge >= 0.3 is 0 Å². The van der Waals surface area contributed by atoms with Crippen molar-refractivity contribution in [3.63, 3.8) is 0 Å². The topological polar surface area (TPSA) is 69.7 Å². The van der Waals surface area contributed by atoms with Gasteiger partial charge in [0.25, 0.3) is 5.91 Å². The number of methoxy groups -OCH3 is 1. The number of hydrogen-bond acceptors (Lipinski definition) is 5. The maximum absolute atomic E-state index is 12.7. The van der Waals surface area contributed by atoms with Gasteiger partial charge in [-0.25, -0.2) is 0 Å². The van der Waals surface area contributed by atoms with Gasteiger partial charge in [-0.05, 0) is 56.2 Å². The minimum atomic E-state index is -0.291. The van der Waals surface area contributed by atoms with Crippen LogP contribution in [0, 0.1) is 0 Å². The molecule has 30 heavy (non-hydrogen) atoms. The number of ether oxygens (including phenoxy) is 3. The van der Waals surface area contributed by atoms with Crippen LogP contribution in [0.25, 0.3) is 10.9 Å². The molecule has 2 aliphatic carbocycles. The third kappa shape index (κ3) is 3.45. The van der Waals surface area contributed by atoms with Crippen molar-refractivity contribution in [3.05, 3.63) is 77.4 Å². The van der Waals surface area contributed by atoms with E-state index in [-0.39, 0.29) is 12.0 Å². The van der Waals surface area contributed by atoms with Gasteiger partial charge < -0.3 is 19.5 Å². The molecule has 1 unspecified atom stereocenters. The van der Waals surface area contributed by atoms with E-state index in [1.165, 1.54) is 0 Å².